The molecule has 22 heavy (non-hydrogen) atoms. The van der Waals surface area contributed by atoms with Crippen molar-refractivity contribution in [3.8, 4) is 0 Å². The molecule has 4 heteroatoms. The lowest BCUT2D eigenvalue weighted by atomic mass is 10.2. The first-order chi connectivity index (χ1) is 10.8. The molecule has 0 bridgehead atoms. The Labute approximate surface area is 130 Å². The van der Waals surface area contributed by atoms with E-state index in [0.29, 0.717) is 6.04 Å². The first kappa shape index (κ1) is 14.4. The van der Waals surface area contributed by atoms with E-state index in [9.17, 15) is 4.79 Å². The molecule has 0 aromatic heterocycles. The molecule has 1 aliphatic carbocycles. The van der Waals surface area contributed by atoms with Crippen molar-refractivity contribution in [1.29, 1.82) is 0 Å². The molecule has 0 atom stereocenters. The van der Waals surface area contributed by atoms with Crippen molar-refractivity contribution in [3.63, 3.8) is 0 Å². The molecule has 0 unspecified atom stereocenters. The topological polar surface area (TPSA) is 53.2 Å². The largest absolute Gasteiger partial charge is 0.382 e. The number of anilines is 3. The second kappa shape index (κ2) is 6.98. The summed E-state index contributed by atoms with van der Waals surface area (Å²) in [6.45, 7) is 0. The lowest BCUT2D eigenvalue weighted by Crippen LogP contribution is -2.19. The molecule has 1 saturated carbocycles. The van der Waals surface area contributed by atoms with Gasteiger partial charge in [-0.1, -0.05) is 37.1 Å². The van der Waals surface area contributed by atoms with Crippen LogP contribution < -0.4 is 16.0 Å². The Bertz CT molecular complexity index is 621. The number of nitrogens with one attached hydrogen (secondary N) is 3. The van der Waals surface area contributed by atoms with Crippen LogP contribution in [0.3, 0.4) is 0 Å². The Kier molecular flexibility index (Phi) is 4.59. The minimum atomic E-state index is -0.232. The maximum Gasteiger partial charge on any atom is 0.323 e. The zero-order valence-electron chi connectivity index (χ0n) is 12.5. The van der Waals surface area contributed by atoms with Crippen LogP contribution in [-0.2, 0) is 0 Å². The van der Waals surface area contributed by atoms with Gasteiger partial charge >= 0.3 is 6.03 Å². The predicted molar refractivity (Wildman–Crippen MR) is 91.4 cm³/mol. The number of rotatable bonds is 4. The SMILES string of the molecule is O=C(Nc1ccccc1)Nc1cccc(NC2CCCC2)c1. The zero-order chi connectivity index (χ0) is 15.2. The smallest absolute Gasteiger partial charge is 0.323 e. The van der Waals surface area contributed by atoms with Crippen LogP contribution in [0.5, 0.6) is 0 Å². The van der Waals surface area contributed by atoms with E-state index in [1.165, 1.54) is 25.7 Å². The lowest BCUT2D eigenvalue weighted by molar-refractivity contribution is 0.262. The third-order valence-electron chi connectivity index (χ3n) is 3.88. The van der Waals surface area contributed by atoms with E-state index in [-0.39, 0.29) is 6.03 Å². The summed E-state index contributed by atoms with van der Waals surface area (Å²) in [5.41, 5.74) is 2.63. The van der Waals surface area contributed by atoms with Gasteiger partial charge in [-0.2, -0.15) is 0 Å². The first-order valence-electron chi connectivity index (χ1n) is 7.79. The number of hydrogen-bond donors (Lipinski definition) is 3. The molecular formula is C18H21N3O. The summed E-state index contributed by atoms with van der Waals surface area (Å²) >= 11 is 0. The van der Waals surface area contributed by atoms with Crippen LogP contribution >= 0.6 is 0 Å². The normalized spacial score (nSPS) is 14.5. The Balaban J connectivity index is 1.58. The van der Waals surface area contributed by atoms with Crippen molar-refractivity contribution in [1.82, 2.24) is 0 Å². The summed E-state index contributed by atoms with van der Waals surface area (Å²) in [4.78, 5) is 12.0. The van der Waals surface area contributed by atoms with Gasteiger partial charge in [-0.15, -0.1) is 0 Å². The molecule has 2 aromatic carbocycles. The minimum Gasteiger partial charge on any atom is -0.382 e. The maximum atomic E-state index is 12.0. The summed E-state index contributed by atoms with van der Waals surface area (Å²) in [7, 11) is 0. The van der Waals surface area contributed by atoms with Crippen LogP contribution in [-0.4, -0.2) is 12.1 Å². The van der Waals surface area contributed by atoms with E-state index in [0.717, 1.165) is 17.1 Å². The monoisotopic (exact) mass is 295 g/mol. The molecule has 3 rings (SSSR count). The Hall–Kier alpha value is -2.49. The highest BCUT2D eigenvalue weighted by Gasteiger charge is 2.14. The highest BCUT2D eigenvalue weighted by atomic mass is 16.2. The van der Waals surface area contributed by atoms with Crippen LogP contribution in [0.25, 0.3) is 0 Å². The summed E-state index contributed by atoms with van der Waals surface area (Å²) in [6, 6.07) is 17.6. The van der Waals surface area contributed by atoms with E-state index in [1.54, 1.807) is 0 Å². The molecular weight excluding hydrogens is 274 g/mol. The average molecular weight is 295 g/mol. The van der Waals surface area contributed by atoms with Crippen molar-refractivity contribution in [2.45, 2.75) is 31.7 Å². The number of hydrogen-bond acceptors (Lipinski definition) is 2. The van der Waals surface area contributed by atoms with Crippen LogP contribution in [0.1, 0.15) is 25.7 Å². The fourth-order valence-electron chi connectivity index (χ4n) is 2.81. The van der Waals surface area contributed by atoms with Crippen LogP contribution in [0.15, 0.2) is 54.6 Å². The van der Waals surface area contributed by atoms with Gasteiger partial charge in [-0.25, -0.2) is 4.79 Å². The summed E-state index contributed by atoms with van der Waals surface area (Å²) in [5.74, 6) is 0. The fraction of sp³-hybridized carbons (Fsp3) is 0.278. The van der Waals surface area contributed by atoms with Crippen molar-refractivity contribution in [2.24, 2.45) is 0 Å². The van der Waals surface area contributed by atoms with Crippen LogP contribution in [0, 0.1) is 0 Å². The Morgan fingerprint density at radius 3 is 2.23 bits per heavy atom. The quantitative estimate of drug-likeness (QED) is 0.766. The molecule has 1 aliphatic rings. The van der Waals surface area contributed by atoms with Crippen molar-refractivity contribution in [3.05, 3.63) is 54.6 Å². The van der Waals surface area contributed by atoms with Crippen molar-refractivity contribution >= 4 is 23.1 Å². The Morgan fingerprint density at radius 2 is 1.45 bits per heavy atom. The molecule has 2 aromatic rings. The Morgan fingerprint density at radius 1 is 0.818 bits per heavy atom. The standard InChI is InChI=1S/C18H21N3O/c22-18(20-15-7-2-1-3-8-15)21-17-12-6-11-16(13-17)19-14-9-4-5-10-14/h1-3,6-8,11-14,19H,4-5,9-10H2,(H2,20,21,22). The second-order valence-corrected chi connectivity index (χ2v) is 5.65. The van der Waals surface area contributed by atoms with Crippen molar-refractivity contribution < 1.29 is 4.79 Å². The minimum absolute atomic E-state index is 0.232. The van der Waals surface area contributed by atoms with Gasteiger partial charge in [0, 0.05) is 23.1 Å². The summed E-state index contributed by atoms with van der Waals surface area (Å²) in [6.07, 6.45) is 5.06. The van der Waals surface area contributed by atoms with Gasteiger partial charge in [0.05, 0.1) is 0 Å². The number of carbonyl (C=O) groups excluding carboxylic acids is 1. The molecule has 3 N–H and O–H groups in total. The van der Waals surface area contributed by atoms with Crippen LogP contribution in [0.4, 0.5) is 21.9 Å². The van der Waals surface area contributed by atoms with Gasteiger partial charge in [-0.3, -0.25) is 0 Å². The van der Waals surface area contributed by atoms with E-state index in [1.807, 2.05) is 54.6 Å². The van der Waals surface area contributed by atoms with E-state index >= 15 is 0 Å². The lowest BCUT2D eigenvalue weighted by Gasteiger charge is -2.14. The second-order valence-electron chi connectivity index (χ2n) is 5.65. The van der Waals surface area contributed by atoms with Gasteiger partial charge in [0.1, 0.15) is 0 Å². The first-order valence-corrected chi connectivity index (χ1v) is 7.79. The molecule has 0 spiro atoms. The number of carbonyl (C=O) groups is 1. The molecule has 0 heterocycles. The number of para-hydroxylation sites is 1. The van der Waals surface area contributed by atoms with Gasteiger partial charge in [-0.05, 0) is 43.2 Å². The molecule has 0 saturated heterocycles. The predicted octanol–water partition coefficient (Wildman–Crippen LogP) is 4.69. The van der Waals surface area contributed by atoms with E-state index in [2.05, 4.69) is 16.0 Å². The highest BCUT2D eigenvalue weighted by Crippen LogP contribution is 2.23. The molecule has 114 valence electrons. The third-order valence-corrected chi connectivity index (χ3v) is 3.88. The van der Waals surface area contributed by atoms with E-state index < -0.39 is 0 Å². The van der Waals surface area contributed by atoms with Crippen LogP contribution in [0.2, 0.25) is 0 Å². The summed E-state index contributed by atoms with van der Waals surface area (Å²) < 4.78 is 0. The fourth-order valence-corrected chi connectivity index (χ4v) is 2.81. The van der Waals surface area contributed by atoms with E-state index in [4.69, 9.17) is 0 Å². The molecule has 4 nitrogen and oxygen atoms in total. The number of benzene rings is 2. The highest BCUT2D eigenvalue weighted by molar-refractivity contribution is 5.99. The number of urea groups is 1. The van der Waals surface area contributed by atoms with Gasteiger partial charge in [0.25, 0.3) is 0 Å². The van der Waals surface area contributed by atoms with Gasteiger partial charge in [0.2, 0.25) is 0 Å². The van der Waals surface area contributed by atoms with Crippen molar-refractivity contribution in [2.75, 3.05) is 16.0 Å². The molecule has 0 radical (unpaired) electrons. The molecule has 0 aliphatic heterocycles. The number of amides is 2. The maximum absolute atomic E-state index is 12.0. The van der Waals surface area contributed by atoms with Gasteiger partial charge in [0.15, 0.2) is 0 Å². The summed E-state index contributed by atoms with van der Waals surface area (Å²) in [5, 5.41) is 9.21. The zero-order valence-corrected chi connectivity index (χ0v) is 12.5. The third kappa shape index (κ3) is 4.01. The average Bonchev–Trinajstić information content (AvgIpc) is 3.01. The van der Waals surface area contributed by atoms with Gasteiger partial charge < -0.3 is 16.0 Å². The molecule has 2 amide bonds. The molecule has 1 fully saturated rings.